The van der Waals surface area contributed by atoms with Crippen LogP contribution in [-0.4, -0.2) is 31.6 Å². The summed E-state index contributed by atoms with van der Waals surface area (Å²) < 4.78 is 0. The van der Waals surface area contributed by atoms with Crippen LogP contribution in [0.25, 0.3) is 11.0 Å². The predicted molar refractivity (Wildman–Crippen MR) is 131 cm³/mol. The monoisotopic (exact) mass is 451 g/mol. The molecule has 0 bridgehead atoms. The molecular formula is C25H33N5OS. The number of nitrogens with one attached hydrogen (secondary N) is 1. The number of pyridine rings is 1. The number of carbonyl (C=O) groups excluding carboxylic acids is 1. The summed E-state index contributed by atoms with van der Waals surface area (Å²) >= 11 is 1.91. The van der Waals surface area contributed by atoms with Gasteiger partial charge in [0.25, 0.3) is 0 Å². The number of hydrogen-bond donors (Lipinski definition) is 1. The van der Waals surface area contributed by atoms with E-state index in [-0.39, 0.29) is 11.3 Å². The van der Waals surface area contributed by atoms with E-state index in [0.717, 1.165) is 33.0 Å². The molecule has 1 amide bonds. The van der Waals surface area contributed by atoms with Crippen LogP contribution in [0.5, 0.6) is 0 Å². The van der Waals surface area contributed by atoms with Crippen molar-refractivity contribution in [3.63, 3.8) is 0 Å². The van der Waals surface area contributed by atoms with Crippen LogP contribution in [0.1, 0.15) is 77.5 Å². The second-order valence-electron chi connectivity index (χ2n) is 9.62. The van der Waals surface area contributed by atoms with E-state index < -0.39 is 0 Å². The van der Waals surface area contributed by atoms with Gasteiger partial charge in [-0.05, 0) is 37.1 Å². The summed E-state index contributed by atoms with van der Waals surface area (Å²) in [7, 11) is 0. The first-order valence-electron chi connectivity index (χ1n) is 11.6. The Morgan fingerprint density at radius 3 is 2.56 bits per heavy atom. The van der Waals surface area contributed by atoms with E-state index in [1.54, 1.807) is 0 Å². The number of thioether (sulfide) groups is 1. The van der Waals surface area contributed by atoms with Crippen molar-refractivity contribution in [2.75, 3.05) is 4.90 Å². The summed E-state index contributed by atoms with van der Waals surface area (Å²) in [5, 5.41) is 12.7. The first-order valence-corrected chi connectivity index (χ1v) is 12.5. The summed E-state index contributed by atoms with van der Waals surface area (Å²) in [5.41, 5.74) is 4.58. The smallest absolute Gasteiger partial charge is 0.227 e. The minimum Gasteiger partial charge on any atom is -0.308 e. The van der Waals surface area contributed by atoms with E-state index >= 15 is 0 Å². The molecule has 1 N–H and O–H groups in total. The molecule has 2 heterocycles. The van der Waals surface area contributed by atoms with Gasteiger partial charge >= 0.3 is 0 Å². The number of anilines is 1. The van der Waals surface area contributed by atoms with Crippen molar-refractivity contribution >= 4 is 34.4 Å². The van der Waals surface area contributed by atoms with Crippen molar-refractivity contribution in [2.45, 2.75) is 88.5 Å². The van der Waals surface area contributed by atoms with Crippen LogP contribution < -0.4 is 4.90 Å². The van der Waals surface area contributed by atoms with Gasteiger partial charge in [-0.25, -0.2) is 4.98 Å². The van der Waals surface area contributed by atoms with Gasteiger partial charge in [0.15, 0.2) is 0 Å². The van der Waals surface area contributed by atoms with Gasteiger partial charge < -0.3 is 4.90 Å². The molecular weight excluding hydrogens is 418 g/mol. The quantitative estimate of drug-likeness (QED) is 0.496. The maximum atomic E-state index is 13.0. The molecule has 3 aromatic rings. The fourth-order valence-electron chi connectivity index (χ4n) is 4.13. The molecule has 0 radical (unpaired) electrons. The summed E-state index contributed by atoms with van der Waals surface area (Å²) in [4.78, 5) is 19.9. The Hall–Kier alpha value is -2.41. The highest BCUT2D eigenvalue weighted by Gasteiger charge is 2.24. The number of carbonyl (C=O) groups is 1. The molecule has 0 spiro atoms. The maximum absolute atomic E-state index is 13.0. The highest BCUT2D eigenvalue weighted by atomic mass is 32.2. The van der Waals surface area contributed by atoms with Gasteiger partial charge in [0.2, 0.25) is 5.91 Å². The number of rotatable bonds is 6. The average molecular weight is 452 g/mol. The Morgan fingerprint density at radius 2 is 1.84 bits per heavy atom. The maximum Gasteiger partial charge on any atom is 0.227 e. The Bertz CT molecular complexity index is 1080. The lowest BCUT2D eigenvalue weighted by molar-refractivity contribution is -0.118. The van der Waals surface area contributed by atoms with Gasteiger partial charge in [-0.1, -0.05) is 53.0 Å². The van der Waals surface area contributed by atoms with E-state index in [4.69, 9.17) is 4.98 Å². The van der Waals surface area contributed by atoms with E-state index in [1.165, 1.54) is 32.1 Å². The molecule has 1 fully saturated rings. The summed E-state index contributed by atoms with van der Waals surface area (Å²) in [6, 6.07) is 10.1. The Kier molecular flexibility index (Phi) is 6.84. The molecule has 4 rings (SSSR count). The Morgan fingerprint density at radius 1 is 1.09 bits per heavy atom. The lowest BCUT2D eigenvalue weighted by atomic mass is 9.91. The third-order valence-electron chi connectivity index (χ3n) is 6.08. The van der Waals surface area contributed by atoms with Gasteiger partial charge in [-0.2, -0.15) is 15.4 Å². The van der Waals surface area contributed by atoms with Crippen molar-refractivity contribution in [2.24, 2.45) is 0 Å². The largest absolute Gasteiger partial charge is 0.308 e. The molecule has 32 heavy (non-hydrogen) atoms. The van der Waals surface area contributed by atoms with Gasteiger partial charge in [0.1, 0.15) is 16.1 Å². The molecule has 0 saturated heterocycles. The van der Waals surface area contributed by atoms with Crippen LogP contribution in [0.15, 0.2) is 35.4 Å². The van der Waals surface area contributed by atoms with Crippen molar-refractivity contribution in [3.05, 3.63) is 41.6 Å². The number of hydrogen-bond acceptors (Lipinski definition) is 5. The number of amides is 1. The lowest BCUT2D eigenvalue weighted by Gasteiger charge is -2.27. The zero-order chi connectivity index (χ0) is 22.7. The van der Waals surface area contributed by atoms with E-state index in [0.29, 0.717) is 18.2 Å². The van der Waals surface area contributed by atoms with Gasteiger partial charge in [0, 0.05) is 34.0 Å². The molecule has 0 aliphatic heterocycles. The van der Waals surface area contributed by atoms with Crippen LogP contribution in [0, 0.1) is 0 Å². The second-order valence-corrected chi connectivity index (χ2v) is 10.9. The first kappa shape index (κ1) is 22.8. The molecule has 6 nitrogen and oxygen atoms in total. The molecule has 1 aromatic carbocycles. The van der Waals surface area contributed by atoms with E-state index in [1.807, 2.05) is 41.8 Å². The standard InChI is InChI=1S/C25H33N5OS/c1-5-23(31)30(18-12-13-20-21(15-18)28-29-27-20)16-17-11-14-22(25(2,3)4)26-24(17)32-19-9-7-6-8-10-19/h11-15,19H,5-10,16H2,1-4H3,(H,27,28,29). The SMILES string of the molecule is CCC(=O)N(Cc1ccc(C(C)(C)C)nc1SC1CCCCC1)c1ccc2n[nH]nc2c1. The molecule has 1 aliphatic rings. The number of nitrogens with zero attached hydrogens (tertiary/aromatic N) is 4. The normalized spacial score (nSPS) is 15.2. The summed E-state index contributed by atoms with van der Waals surface area (Å²) in [5.74, 6) is 0.0846. The zero-order valence-corrected chi connectivity index (χ0v) is 20.3. The topological polar surface area (TPSA) is 74.8 Å². The molecule has 2 aromatic heterocycles. The zero-order valence-electron chi connectivity index (χ0n) is 19.5. The number of H-pyrrole nitrogens is 1. The van der Waals surface area contributed by atoms with Gasteiger partial charge in [-0.3, -0.25) is 4.79 Å². The third kappa shape index (κ3) is 5.14. The molecule has 7 heteroatoms. The molecule has 1 aliphatic carbocycles. The van der Waals surface area contributed by atoms with Crippen LogP contribution in [0.4, 0.5) is 5.69 Å². The minimum absolute atomic E-state index is 0.0165. The van der Waals surface area contributed by atoms with Crippen LogP contribution >= 0.6 is 11.8 Å². The van der Waals surface area contributed by atoms with Crippen molar-refractivity contribution in [1.29, 1.82) is 0 Å². The highest BCUT2D eigenvalue weighted by molar-refractivity contribution is 7.99. The van der Waals surface area contributed by atoms with Gasteiger partial charge in [0.05, 0.1) is 6.54 Å². The van der Waals surface area contributed by atoms with Crippen molar-refractivity contribution < 1.29 is 4.79 Å². The number of aromatic amines is 1. The van der Waals surface area contributed by atoms with Crippen LogP contribution in [-0.2, 0) is 16.8 Å². The summed E-state index contributed by atoms with van der Waals surface area (Å²) in [6.45, 7) is 9.00. The molecule has 170 valence electrons. The fourth-order valence-corrected chi connectivity index (χ4v) is 5.45. The lowest BCUT2D eigenvalue weighted by Crippen LogP contribution is -2.30. The fraction of sp³-hybridized carbons (Fsp3) is 0.520. The molecule has 0 atom stereocenters. The Labute approximate surface area is 194 Å². The first-order chi connectivity index (χ1) is 15.3. The minimum atomic E-state index is -0.0165. The average Bonchev–Trinajstić information content (AvgIpc) is 3.25. The predicted octanol–water partition coefficient (Wildman–Crippen LogP) is 6.02. The third-order valence-corrected chi connectivity index (χ3v) is 7.46. The summed E-state index contributed by atoms with van der Waals surface area (Å²) in [6.07, 6.45) is 6.85. The molecule has 1 saturated carbocycles. The van der Waals surface area contributed by atoms with Crippen LogP contribution in [0.3, 0.4) is 0 Å². The van der Waals surface area contributed by atoms with E-state index in [2.05, 4.69) is 48.3 Å². The number of fused-ring (bicyclic) bond motifs is 1. The van der Waals surface area contributed by atoms with Crippen molar-refractivity contribution in [3.8, 4) is 0 Å². The van der Waals surface area contributed by atoms with Crippen molar-refractivity contribution in [1.82, 2.24) is 20.4 Å². The Balaban J connectivity index is 1.69. The van der Waals surface area contributed by atoms with Gasteiger partial charge in [-0.15, -0.1) is 11.8 Å². The van der Waals surface area contributed by atoms with E-state index in [9.17, 15) is 4.79 Å². The molecule has 0 unspecified atom stereocenters. The number of aromatic nitrogens is 4. The number of benzene rings is 1. The second kappa shape index (κ2) is 9.61. The highest BCUT2D eigenvalue weighted by Crippen LogP contribution is 2.36. The van der Waals surface area contributed by atoms with Crippen LogP contribution in [0.2, 0.25) is 0 Å².